The normalized spacial score (nSPS) is 20.4. The number of nitrogens with zero attached hydrogens (tertiary/aromatic N) is 1. The summed E-state index contributed by atoms with van der Waals surface area (Å²) in [6.07, 6.45) is 4.30. The minimum atomic E-state index is -0.638. The average molecular weight is 420 g/mol. The van der Waals surface area contributed by atoms with Crippen molar-refractivity contribution >= 4 is 29.4 Å². The van der Waals surface area contributed by atoms with E-state index in [1.54, 1.807) is 24.3 Å². The Labute approximate surface area is 180 Å². The maximum Gasteiger partial charge on any atom is 0.338 e. The standard InChI is InChI=1S/C24H24N2O5/c1-15-6-2-5-9-20(15)25-21(27)14-31-24(30)16-10-12-17(13-11-16)26-22(28)18-7-3-4-8-19(18)23(26)29/h3-4,7-8,10-13,15,20H,2,5-6,9,14H2,1H3,(H,25,27)/t15-,20-/m1/s1. The Bertz CT molecular complexity index is 996. The van der Waals surface area contributed by atoms with Crippen LogP contribution in [0.1, 0.15) is 63.7 Å². The molecule has 1 aliphatic heterocycles. The first-order chi connectivity index (χ1) is 15.0. The molecule has 7 nitrogen and oxygen atoms in total. The number of nitrogens with one attached hydrogen (secondary N) is 1. The van der Waals surface area contributed by atoms with Gasteiger partial charge in [0.15, 0.2) is 6.61 Å². The van der Waals surface area contributed by atoms with Crippen molar-refractivity contribution in [2.45, 2.75) is 38.6 Å². The van der Waals surface area contributed by atoms with E-state index in [2.05, 4.69) is 12.2 Å². The smallest absolute Gasteiger partial charge is 0.338 e. The van der Waals surface area contributed by atoms with Gasteiger partial charge in [0.1, 0.15) is 0 Å². The lowest BCUT2D eigenvalue weighted by atomic mass is 9.86. The van der Waals surface area contributed by atoms with E-state index in [1.807, 2.05) is 0 Å². The Morgan fingerprint density at radius 1 is 0.968 bits per heavy atom. The van der Waals surface area contributed by atoms with Crippen LogP contribution in [0.5, 0.6) is 0 Å². The van der Waals surface area contributed by atoms with Gasteiger partial charge in [-0.2, -0.15) is 0 Å². The van der Waals surface area contributed by atoms with Crippen molar-refractivity contribution in [2.75, 3.05) is 11.5 Å². The van der Waals surface area contributed by atoms with Crippen LogP contribution in [0.25, 0.3) is 0 Å². The highest BCUT2D eigenvalue weighted by atomic mass is 16.5. The summed E-state index contributed by atoms with van der Waals surface area (Å²) in [5.74, 6) is -1.33. The van der Waals surface area contributed by atoms with Crippen LogP contribution < -0.4 is 10.2 Å². The largest absolute Gasteiger partial charge is 0.452 e. The van der Waals surface area contributed by atoms with Crippen LogP contribution in [0.15, 0.2) is 48.5 Å². The highest BCUT2D eigenvalue weighted by molar-refractivity contribution is 6.34. The third-order valence-corrected chi connectivity index (χ3v) is 5.95. The second kappa shape index (κ2) is 8.71. The van der Waals surface area contributed by atoms with Crippen LogP contribution in [0.4, 0.5) is 5.69 Å². The van der Waals surface area contributed by atoms with Gasteiger partial charge < -0.3 is 10.1 Å². The van der Waals surface area contributed by atoms with Crippen molar-refractivity contribution < 1.29 is 23.9 Å². The molecule has 0 unspecified atom stereocenters. The number of amides is 3. The highest BCUT2D eigenvalue weighted by Gasteiger charge is 2.36. The summed E-state index contributed by atoms with van der Waals surface area (Å²) in [6, 6.07) is 12.7. The predicted octanol–water partition coefficient (Wildman–Crippen LogP) is 3.34. The van der Waals surface area contributed by atoms with Crippen molar-refractivity contribution in [1.82, 2.24) is 5.32 Å². The number of benzene rings is 2. The number of esters is 1. The van der Waals surface area contributed by atoms with E-state index in [0.717, 1.165) is 24.2 Å². The van der Waals surface area contributed by atoms with Gasteiger partial charge in [-0.05, 0) is 55.2 Å². The molecule has 4 rings (SSSR count). The number of rotatable bonds is 5. The number of hydrogen-bond donors (Lipinski definition) is 1. The van der Waals surface area contributed by atoms with Gasteiger partial charge in [-0.3, -0.25) is 14.4 Å². The molecule has 0 saturated heterocycles. The van der Waals surface area contributed by atoms with Crippen molar-refractivity contribution in [3.8, 4) is 0 Å². The van der Waals surface area contributed by atoms with Crippen molar-refractivity contribution in [1.29, 1.82) is 0 Å². The van der Waals surface area contributed by atoms with E-state index in [0.29, 0.717) is 22.7 Å². The van der Waals surface area contributed by atoms with Crippen LogP contribution in [-0.2, 0) is 9.53 Å². The molecule has 1 saturated carbocycles. The Kier molecular flexibility index (Phi) is 5.84. The molecule has 2 aliphatic rings. The molecule has 2 atom stereocenters. The maximum absolute atomic E-state index is 12.6. The molecular formula is C24H24N2O5. The maximum atomic E-state index is 12.6. The number of imide groups is 1. The molecule has 0 radical (unpaired) electrons. The van der Waals surface area contributed by atoms with Crippen LogP contribution in [0.3, 0.4) is 0 Å². The molecule has 2 aromatic carbocycles. The molecule has 1 aliphatic carbocycles. The van der Waals surface area contributed by atoms with E-state index < -0.39 is 17.8 Å². The van der Waals surface area contributed by atoms with Gasteiger partial charge in [0, 0.05) is 6.04 Å². The van der Waals surface area contributed by atoms with Gasteiger partial charge in [-0.15, -0.1) is 0 Å². The fourth-order valence-corrected chi connectivity index (χ4v) is 4.16. The zero-order chi connectivity index (χ0) is 22.0. The number of carbonyl (C=O) groups excluding carboxylic acids is 4. The van der Waals surface area contributed by atoms with E-state index in [1.165, 1.54) is 30.7 Å². The van der Waals surface area contributed by atoms with Gasteiger partial charge in [0.2, 0.25) is 0 Å². The van der Waals surface area contributed by atoms with Crippen LogP contribution in [0.2, 0.25) is 0 Å². The molecular weight excluding hydrogens is 396 g/mol. The minimum Gasteiger partial charge on any atom is -0.452 e. The first-order valence-corrected chi connectivity index (χ1v) is 10.5. The molecule has 0 bridgehead atoms. The summed E-state index contributed by atoms with van der Waals surface area (Å²) < 4.78 is 5.13. The molecule has 1 N–H and O–H groups in total. The molecule has 0 aromatic heterocycles. The summed E-state index contributed by atoms with van der Waals surface area (Å²) in [5, 5.41) is 2.94. The summed E-state index contributed by atoms with van der Waals surface area (Å²) in [6.45, 7) is 1.77. The van der Waals surface area contributed by atoms with Crippen LogP contribution in [0, 0.1) is 5.92 Å². The first-order valence-electron chi connectivity index (χ1n) is 10.5. The van der Waals surface area contributed by atoms with Crippen molar-refractivity contribution in [3.05, 3.63) is 65.2 Å². The van der Waals surface area contributed by atoms with Gasteiger partial charge in [0.05, 0.1) is 22.4 Å². The second-order valence-electron chi connectivity index (χ2n) is 8.05. The minimum absolute atomic E-state index is 0.124. The summed E-state index contributed by atoms with van der Waals surface area (Å²) >= 11 is 0. The molecule has 7 heteroatoms. The fraction of sp³-hybridized carbons (Fsp3) is 0.333. The summed E-state index contributed by atoms with van der Waals surface area (Å²) in [5.41, 5.74) is 1.31. The quantitative estimate of drug-likeness (QED) is 0.592. The number of carbonyl (C=O) groups is 4. The molecule has 1 heterocycles. The predicted molar refractivity (Wildman–Crippen MR) is 114 cm³/mol. The van der Waals surface area contributed by atoms with E-state index >= 15 is 0 Å². The number of anilines is 1. The monoisotopic (exact) mass is 420 g/mol. The average Bonchev–Trinajstić information content (AvgIpc) is 3.04. The number of ether oxygens (including phenoxy) is 1. The molecule has 2 aromatic rings. The lowest BCUT2D eigenvalue weighted by Crippen LogP contribution is -2.42. The molecule has 0 spiro atoms. The topological polar surface area (TPSA) is 92.8 Å². The summed E-state index contributed by atoms with van der Waals surface area (Å²) in [4.78, 5) is 50.6. The molecule has 160 valence electrons. The molecule has 31 heavy (non-hydrogen) atoms. The second-order valence-corrected chi connectivity index (χ2v) is 8.05. The molecule has 1 fully saturated rings. The Balaban J connectivity index is 1.35. The van der Waals surface area contributed by atoms with Gasteiger partial charge in [-0.25, -0.2) is 9.69 Å². The van der Waals surface area contributed by atoms with Gasteiger partial charge in [-0.1, -0.05) is 31.9 Å². The van der Waals surface area contributed by atoms with Gasteiger partial charge >= 0.3 is 5.97 Å². The lowest BCUT2D eigenvalue weighted by Gasteiger charge is -2.29. The van der Waals surface area contributed by atoms with Crippen molar-refractivity contribution in [3.63, 3.8) is 0 Å². The Morgan fingerprint density at radius 2 is 1.58 bits per heavy atom. The van der Waals surface area contributed by atoms with Crippen molar-refractivity contribution in [2.24, 2.45) is 5.92 Å². The summed E-state index contributed by atoms with van der Waals surface area (Å²) in [7, 11) is 0. The fourth-order valence-electron chi connectivity index (χ4n) is 4.16. The van der Waals surface area contributed by atoms with Crippen LogP contribution >= 0.6 is 0 Å². The zero-order valence-corrected chi connectivity index (χ0v) is 17.3. The Morgan fingerprint density at radius 3 is 2.19 bits per heavy atom. The highest BCUT2D eigenvalue weighted by Crippen LogP contribution is 2.28. The number of fused-ring (bicyclic) bond motifs is 1. The Hall–Kier alpha value is -3.48. The zero-order valence-electron chi connectivity index (χ0n) is 17.3. The van der Waals surface area contributed by atoms with Gasteiger partial charge in [0.25, 0.3) is 17.7 Å². The van der Waals surface area contributed by atoms with E-state index in [9.17, 15) is 19.2 Å². The van der Waals surface area contributed by atoms with E-state index in [4.69, 9.17) is 4.74 Å². The van der Waals surface area contributed by atoms with E-state index in [-0.39, 0.29) is 24.1 Å². The third kappa shape index (κ3) is 4.21. The number of hydrogen-bond acceptors (Lipinski definition) is 5. The third-order valence-electron chi connectivity index (χ3n) is 5.95. The first kappa shape index (κ1) is 20.8. The SMILES string of the molecule is C[C@@H]1CCCC[C@H]1NC(=O)COC(=O)c1ccc(N2C(=O)c3ccccc3C2=O)cc1. The van der Waals surface area contributed by atoms with Crippen LogP contribution in [-0.4, -0.2) is 36.3 Å². The molecule has 3 amide bonds. The lowest BCUT2D eigenvalue weighted by molar-refractivity contribution is -0.125.